The van der Waals surface area contributed by atoms with E-state index in [4.69, 9.17) is 17.3 Å². The number of nitrogens with one attached hydrogen (secondary N) is 1. The minimum atomic E-state index is -3.65. The third kappa shape index (κ3) is 2.41. The summed E-state index contributed by atoms with van der Waals surface area (Å²) in [6.45, 7) is 1.89. The number of benzene rings is 1. The molecule has 17 heavy (non-hydrogen) atoms. The second-order valence-electron chi connectivity index (χ2n) is 4.68. The molecule has 1 aromatic rings. The van der Waals surface area contributed by atoms with E-state index in [1.54, 1.807) is 6.07 Å². The van der Waals surface area contributed by atoms with E-state index in [1.807, 2.05) is 6.92 Å². The fourth-order valence-corrected chi connectivity index (χ4v) is 4.14. The molecule has 0 aromatic heterocycles. The first-order chi connectivity index (χ1) is 7.84. The molecule has 6 heteroatoms. The van der Waals surface area contributed by atoms with Crippen LogP contribution in [-0.4, -0.2) is 14.0 Å². The van der Waals surface area contributed by atoms with E-state index in [-0.39, 0.29) is 21.1 Å². The number of sulfonamides is 1. The van der Waals surface area contributed by atoms with Gasteiger partial charge in [0.15, 0.2) is 0 Å². The molecule has 3 N–H and O–H groups in total. The molecule has 1 saturated carbocycles. The normalized spacial score (nSPS) is 18.7. The number of halogens is 1. The van der Waals surface area contributed by atoms with Crippen LogP contribution < -0.4 is 10.5 Å². The van der Waals surface area contributed by atoms with Crippen molar-refractivity contribution in [1.82, 2.24) is 4.72 Å². The number of nitrogen functional groups attached to an aromatic ring is 1. The van der Waals surface area contributed by atoms with Gasteiger partial charge in [0.2, 0.25) is 10.0 Å². The molecule has 1 aromatic carbocycles. The van der Waals surface area contributed by atoms with Gasteiger partial charge in [-0.05, 0) is 38.3 Å². The molecule has 94 valence electrons. The monoisotopic (exact) mass is 274 g/mol. The lowest BCUT2D eigenvalue weighted by atomic mass is 9.80. The van der Waals surface area contributed by atoms with Gasteiger partial charge in [-0.2, -0.15) is 0 Å². The molecule has 1 aliphatic rings. The Bertz CT molecular complexity index is 518. The number of hydrogen-bond donors (Lipinski definition) is 2. The van der Waals surface area contributed by atoms with Crippen LogP contribution in [0.25, 0.3) is 0 Å². The van der Waals surface area contributed by atoms with E-state index in [0.29, 0.717) is 0 Å². The second kappa shape index (κ2) is 4.15. The molecule has 0 radical (unpaired) electrons. The molecule has 0 atom stereocenters. The Labute approximate surface area is 106 Å². The summed E-state index contributed by atoms with van der Waals surface area (Å²) in [6.07, 6.45) is 2.73. The maximum absolute atomic E-state index is 12.2. The summed E-state index contributed by atoms with van der Waals surface area (Å²) in [5.74, 6) is 0. The molecule has 0 saturated heterocycles. The van der Waals surface area contributed by atoms with Gasteiger partial charge in [0.1, 0.15) is 4.90 Å². The van der Waals surface area contributed by atoms with Crippen LogP contribution in [0.3, 0.4) is 0 Å². The number of nitrogens with two attached hydrogens (primary N) is 1. The van der Waals surface area contributed by atoms with Crippen molar-refractivity contribution in [2.24, 2.45) is 0 Å². The van der Waals surface area contributed by atoms with Crippen LogP contribution in [0.1, 0.15) is 26.2 Å². The van der Waals surface area contributed by atoms with Crippen LogP contribution in [0.5, 0.6) is 0 Å². The molecule has 4 nitrogen and oxygen atoms in total. The maximum atomic E-state index is 12.2. The van der Waals surface area contributed by atoms with Gasteiger partial charge >= 0.3 is 0 Å². The predicted octanol–water partition coefficient (Wildman–Crippen LogP) is 2.14. The van der Waals surface area contributed by atoms with Crippen molar-refractivity contribution in [3.05, 3.63) is 23.2 Å². The van der Waals surface area contributed by atoms with Crippen molar-refractivity contribution in [3.63, 3.8) is 0 Å². The van der Waals surface area contributed by atoms with Crippen molar-refractivity contribution in [2.75, 3.05) is 5.73 Å². The van der Waals surface area contributed by atoms with Crippen LogP contribution >= 0.6 is 11.6 Å². The Morgan fingerprint density at radius 2 is 2.06 bits per heavy atom. The van der Waals surface area contributed by atoms with Gasteiger partial charge in [-0.15, -0.1) is 0 Å². The summed E-state index contributed by atoms with van der Waals surface area (Å²) in [5, 5.41) is 0.153. The van der Waals surface area contributed by atoms with Gasteiger partial charge in [0.05, 0.1) is 10.7 Å². The lowest BCUT2D eigenvalue weighted by Crippen LogP contribution is -2.50. The number of hydrogen-bond acceptors (Lipinski definition) is 3. The van der Waals surface area contributed by atoms with Crippen LogP contribution in [0.2, 0.25) is 5.02 Å². The predicted molar refractivity (Wildman–Crippen MR) is 68.4 cm³/mol. The highest BCUT2D eigenvalue weighted by molar-refractivity contribution is 7.89. The largest absolute Gasteiger partial charge is 0.398 e. The van der Waals surface area contributed by atoms with Gasteiger partial charge in [-0.1, -0.05) is 17.7 Å². The van der Waals surface area contributed by atoms with Crippen LogP contribution in [0.4, 0.5) is 5.69 Å². The second-order valence-corrected chi connectivity index (χ2v) is 6.70. The molecule has 0 amide bonds. The van der Waals surface area contributed by atoms with Crippen molar-refractivity contribution in [2.45, 2.75) is 36.6 Å². The Hall–Kier alpha value is -0.780. The third-order valence-electron chi connectivity index (χ3n) is 3.10. The fraction of sp³-hybridized carbons (Fsp3) is 0.455. The number of rotatable bonds is 3. The Morgan fingerprint density at radius 3 is 2.53 bits per heavy atom. The van der Waals surface area contributed by atoms with Crippen LogP contribution in [0.15, 0.2) is 23.1 Å². The topological polar surface area (TPSA) is 72.2 Å². The Morgan fingerprint density at radius 1 is 1.41 bits per heavy atom. The lowest BCUT2D eigenvalue weighted by Gasteiger charge is -2.38. The summed E-state index contributed by atoms with van der Waals surface area (Å²) in [5.41, 5.74) is 5.50. The van der Waals surface area contributed by atoms with Crippen molar-refractivity contribution >= 4 is 27.3 Å². The zero-order valence-electron chi connectivity index (χ0n) is 9.53. The van der Waals surface area contributed by atoms with Gasteiger partial charge in [0, 0.05) is 5.54 Å². The van der Waals surface area contributed by atoms with Crippen molar-refractivity contribution in [3.8, 4) is 0 Å². The average molecular weight is 275 g/mol. The van der Waals surface area contributed by atoms with E-state index in [0.717, 1.165) is 19.3 Å². The highest BCUT2D eigenvalue weighted by atomic mass is 35.5. The molecule has 0 spiro atoms. The quantitative estimate of drug-likeness (QED) is 0.830. The summed E-state index contributed by atoms with van der Waals surface area (Å²) in [4.78, 5) is -0.0187. The zero-order valence-corrected chi connectivity index (χ0v) is 11.1. The van der Waals surface area contributed by atoms with E-state index in [1.165, 1.54) is 12.1 Å². The molecule has 0 aliphatic heterocycles. The summed E-state index contributed by atoms with van der Waals surface area (Å²) >= 11 is 5.90. The Balaban J connectivity index is 2.38. The number of anilines is 1. The highest BCUT2D eigenvalue weighted by Crippen LogP contribution is 2.34. The van der Waals surface area contributed by atoms with Gasteiger partial charge in [-0.3, -0.25) is 0 Å². The Kier molecular flexibility index (Phi) is 3.10. The fourth-order valence-electron chi connectivity index (χ4n) is 1.99. The first-order valence-corrected chi connectivity index (χ1v) is 7.28. The molecule has 0 heterocycles. The van der Waals surface area contributed by atoms with Gasteiger partial charge < -0.3 is 5.73 Å². The molecule has 2 rings (SSSR count). The summed E-state index contributed by atoms with van der Waals surface area (Å²) < 4.78 is 27.1. The molecule has 1 fully saturated rings. The lowest BCUT2D eigenvalue weighted by molar-refractivity contribution is 0.248. The third-order valence-corrected chi connectivity index (χ3v) is 5.29. The van der Waals surface area contributed by atoms with Crippen LogP contribution in [-0.2, 0) is 10.0 Å². The minimum absolute atomic E-state index is 0.0187. The zero-order chi connectivity index (χ0) is 12.7. The standard InChI is InChI=1S/C11H15ClN2O2S/c1-11(6-3-7-11)14-17(15,16)10-8(12)4-2-5-9(10)13/h2,4-5,14H,3,6-7,13H2,1H3. The average Bonchev–Trinajstić information content (AvgIpc) is 2.13. The first kappa shape index (κ1) is 12.7. The SMILES string of the molecule is CC1(NS(=O)(=O)c2c(N)cccc2Cl)CCC1. The summed E-state index contributed by atoms with van der Waals surface area (Å²) in [6, 6.07) is 4.68. The van der Waals surface area contributed by atoms with E-state index < -0.39 is 10.0 Å². The van der Waals surface area contributed by atoms with Crippen molar-refractivity contribution < 1.29 is 8.42 Å². The van der Waals surface area contributed by atoms with E-state index in [2.05, 4.69) is 4.72 Å². The molecule has 1 aliphatic carbocycles. The maximum Gasteiger partial charge on any atom is 0.244 e. The van der Waals surface area contributed by atoms with Gasteiger partial charge in [0.25, 0.3) is 0 Å². The van der Waals surface area contributed by atoms with Gasteiger partial charge in [-0.25, -0.2) is 13.1 Å². The molecule has 0 bridgehead atoms. The smallest absolute Gasteiger partial charge is 0.244 e. The molecular weight excluding hydrogens is 260 g/mol. The molecular formula is C11H15ClN2O2S. The first-order valence-electron chi connectivity index (χ1n) is 5.42. The minimum Gasteiger partial charge on any atom is -0.398 e. The summed E-state index contributed by atoms with van der Waals surface area (Å²) in [7, 11) is -3.65. The van der Waals surface area contributed by atoms with E-state index in [9.17, 15) is 8.42 Å². The van der Waals surface area contributed by atoms with Crippen LogP contribution in [0, 0.1) is 0 Å². The highest BCUT2D eigenvalue weighted by Gasteiger charge is 2.37. The molecule has 0 unspecified atom stereocenters. The van der Waals surface area contributed by atoms with Crippen molar-refractivity contribution in [1.29, 1.82) is 0 Å². The van der Waals surface area contributed by atoms with E-state index >= 15 is 0 Å².